The average molecular weight is 397 g/mol. The average Bonchev–Trinajstić information content (AvgIpc) is 2.83. The zero-order valence-corrected chi connectivity index (χ0v) is 13.5. The van der Waals surface area contributed by atoms with E-state index in [9.17, 15) is 4.79 Å². The van der Waals surface area contributed by atoms with Crippen molar-refractivity contribution >= 4 is 59.9 Å². The molecule has 0 saturated carbocycles. The van der Waals surface area contributed by atoms with Gasteiger partial charge in [0.25, 0.3) is 0 Å². The minimum absolute atomic E-state index is 0.0699. The maximum atomic E-state index is 12.5. The molecule has 0 amide bonds. The molecule has 19 heavy (non-hydrogen) atoms. The van der Waals surface area contributed by atoms with E-state index in [2.05, 4.69) is 36.8 Å². The molecule has 0 saturated heterocycles. The fourth-order valence-electron chi connectivity index (χ4n) is 1.81. The van der Waals surface area contributed by atoms with Crippen LogP contribution in [0.5, 0.6) is 0 Å². The van der Waals surface area contributed by atoms with Gasteiger partial charge in [0.1, 0.15) is 5.69 Å². The Morgan fingerprint density at radius 1 is 1.11 bits per heavy atom. The zero-order valence-electron chi connectivity index (χ0n) is 9.56. The van der Waals surface area contributed by atoms with Crippen LogP contribution in [0, 0.1) is 0 Å². The van der Waals surface area contributed by atoms with Crippen molar-refractivity contribution < 1.29 is 4.79 Å². The van der Waals surface area contributed by atoms with E-state index in [4.69, 9.17) is 0 Å². The Kier molecular flexibility index (Phi) is 3.52. The van der Waals surface area contributed by atoms with Gasteiger partial charge in [-0.1, -0.05) is 18.2 Å². The van der Waals surface area contributed by atoms with Crippen molar-refractivity contribution in [1.29, 1.82) is 0 Å². The second-order valence-corrected chi connectivity index (χ2v) is 6.56. The quantitative estimate of drug-likeness (QED) is 0.567. The van der Waals surface area contributed by atoms with E-state index < -0.39 is 0 Å². The van der Waals surface area contributed by atoms with Gasteiger partial charge in [-0.3, -0.25) is 4.79 Å². The SMILES string of the molecule is O=C(c1nc2ccccc2cc1Br)c1sccc1Br. The van der Waals surface area contributed by atoms with Gasteiger partial charge in [-0.2, -0.15) is 0 Å². The molecule has 0 bridgehead atoms. The van der Waals surface area contributed by atoms with Gasteiger partial charge in [-0.25, -0.2) is 4.98 Å². The highest BCUT2D eigenvalue weighted by Crippen LogP contribution is 2.29. The molecular formula is C14H7Br2NOS. The summed E-state index contributed by atoms with van der Waals surface area (Å²) in [5, 5.41) is 2.89. The van der Waals surface area contributed by atoms with Gasteiger partial charge in [0.15, 0.2) is 0 Å². The molecule has 3 aromatic rings. The van der Waals surface area contributed by atoms with Crippen LogP contribution in [0.3, 0.4) is 0 Å². The van der Waals surface area contributed by atoms with Gasteiger partial charge in [0.2, 0.25) is 5.78 Å². The van der Waals surface area contributed by atoms with Gasteiger partial charge < -0.3 is 0 Å². The summed E-state index contributed by atoms with van der Waals surface area (Å²) in [4.78, 5) is 17.6. The first-order valence-corrected chi connectivity index (χ1v) is 7.96. The van der Waals surface area contributed by atoms with Crippen LogP contribution >= 0.6 is 43.2 Å². The van der Waals surface area contributed by atoms with E-state index in [1.165, 1.54) is 11.3 Å². The molecule has 0 fully saturated rings. The summed E-state index contributed by atoms with van der Waals surface area (Å²) in [6.45, 7) is 0. The van der Waals surface area contributed by atoms with Crippen molar-refractivity contribution in [2.45, 2.75) is 0 Å². The molecule has 0 aliphatic carbocycles. The maximum absolute atomic E-state index is 12.5. The topological polar surface area (TPSA) is 30.0 Å². The first-order valence-electron chi connectivity index (χ1n) is 5.50. The second kappa shape index (κ2) is 5.15. The first-order chi connectivity index (χ1) is 9.16. The molecule has 2 heterocycles. The van der Waals surface area contributed by atoms with E-state index in [1.54, 1.807) is 0 Å². The third kappa shape index (κ3) is 2.38. The lowest BCUT2D eigenvalue weighted by Gasteiger charge is -2.04. The highest BCUT2D eigenvalue weighted by Gasteiger charge is 2.18. The molecule has 0 unspecified atom stereocenters. The van der Waals surface area contributed by atoms with Crippen molar-refractivity contribution in [3.63, 3.8) is 0 Å². The van der Waals surface area contributed by atoms with E-state index in [-0.39, 0.29) is 5.78 Å². The number of rotatable bonds is 2. The third-order valence-electron chi connectivity index (χ3n) is 2.72. The lowest BCUT2D eigenvalue weighted by Crippen LogP contribution is -2.04. The summed E-state index contributed by atoms with van der Waals surface area (Å²) in [6.07, 6.45) is 0. The fraction of sp³-hybridized carbons (Fsp3) is 0. The fourth-order valence-corrected chi connectivity index (χ4v) is 3.82. The number of hydrogen-bond donors (Lipinski definition) is 0. The molecule has 0 aliphatic rings. The number of fused-ring (bicyclic) bond motifs is 1. The Morgan fingerprint density at radius 2 is 1.89 bits per heavy atom. The highest BCUT2D eigenvalue weighted by molar-refractivity contribution is 9.11. The Bertz CT molecular complexity index is 782. The summed E-state index contributed by atoms with van der Waals surface area (Å²) in [6, 6.07) is 11.5. The lowest BCUT2D eigenvalue weighted by molar-refractivity contribution is 0.103. The normalized spacial score (nSPS) is 10.8. The van der Waals surface area contributed by atoms with Gasteiger partial charge in [0, 0.05) is 14.3 Å². The van der Waals surface area contributed by atoms with Crippen LogP contribution in [0.4, 0.5) is 0 Å². The maximum Gasteiger partial charge on any atom is 0.223 e. The zero-order chi connectivity index (χ0) is 13.4. The predicted molar refractivity (Wildman–Crippen MR) is 84.9 cm³/mol. The van der Waals surface area contributed by atoms with Crippen molar-refractivity contribution in [2.75, 3.05) is 0 Å². The molecule has 0 spiro atoms. The number of thiophene rings is 1. The van der Waals surface area contributed by atoms with E-state index in [1.807, 2.05) is 41.8 Å². The largest absolute Gasteiger partial charge is 0.286 e. The lowest BCUT2D eigenvalue weighted by atomic mass is 10.1. The first kappa shape index (κ1) is 13.0. The van der Waals surface area contributed by atoms with Crippen LogP contribution in [0.25, 0.3) is 10.9 Å². The Labute approximate surface area is 130 Å². The third-order valence-corrected chi connectivity index (χ3v) is 5.16. The van der Waals surface area contributed by atoms with Crippen molar-refractivity contribution in [2.24, 2.45) is 0 Å². The summed E-state index contributed by atoms with van der Waals surface area (Å²) < 4.78 is 1.53. The number of carbonyl (C=O) groups is 1. The molecule has 0 aliphatic heterocycles. The molecule has 0 N–H and O–H groups in total. The number of pyridine rings is 1. The van der Waals surface area contributed by atoms with Crippen LogP contribution in [0.1, 0.15) is 15.4 Å². The summed E-state index contributed by atoms with van der Waals surface area (Å²) in [7, 11) is 0. The number of benzene rings is 1. The second-order valence-electron chi connectivity index (χ2n) is 3.94. The van der Waals surface area contributed by atoms with Gasteiger partial charge >= 0.3 is 0 Å². The number of ketones is 1. The number of nitrogens with zero attached hydrogens (tertiary/aromatic N) is 1. The number of hydrogen-bond acceptors (Lipinski definition) is 3. The highest BCUT2D eigenvalue weighted by atomic mass is 79.9. The molecular weight excluding hydrogens is 390 g/mol. The van der Waals surface area contributed by atoms with Crippen LogP contribution in [-0.4, -0.2) is 10.8 Å². The number of aromatic nitrogens is 1. The van der Waals surface area contributed by atoms with Gasteiger partial charge in [0.05, 0.1) is 10.4 Å². The molecule has 2 nitrogen and oxygen atoms in total. The molecule has 1 aromatic carbocycles. The van der Waals surface area contributed by atoms with Crippen LogP contribution in [0.15, 0.2) is 50.7 Å². The Morgan fingerprint density at radius 3 is 2.63 bits per heavy atom. The van der Waals surface area contributed by atoms with Gasteiger partial charge in [-0.05, 0) is 55.4 Å². The monoisotopic (exact) mass is 395 g/mol. The van der Waals surface area contributed by atoms with Crippen LogP contribution < -0.4 is 0 Å². The molecule has 2 aromatic heterocycles. The minimum atomic E-state index is -0.0699. The number of carbonyl (C=O) groups excluding carboxylic acids is 1. The molecule has 5 heteroatoms. The molecule has 94 valence electrons. The summed E-state index contributed by atoms with van der Waals surface area (Å²) in [5.74, 6) is -0.0699. The minimum Gasteiger partial charge on any atom is -0.286 e. The number of halogens is 2. The standard InChI is InChI=1S/C14H7Br2NOS/c15-9-5-6-19-14(9)13(18)12-10(16)7-8-3-1-2-4-11(8)17-12/h1-7H. The van der Waals surface area contributed by atoms with Crippen molar-refractivity contribution in [3.05, 3.63) is 61.3 Å². The predicted octanol–water partition coefficient (Wildman–Crippen LogP) is 5.05. The smallest absolute Gasteiger partial charge is 0.223 e. The molecule has 0 atom stereocenters. The Balaban J connectivity index is 2.17. The van der Waals surface area contributed by atoms with E-state index in [0.717, 1.165) is 19.8 Å². The molecule has 0 radical (unpaired) electrons. The summed E-state index contributed by atoms with van der Waals surface area (Å²) >= 11 is 8.23. The molecule has 3 rings (SSSR count). The van der Waals surface area contributed by atoms with Crippen LogP contribution in [0.2, 0.25) is 0 Å². The number of para-hydroxylation sites is 1. The van der Waals surface area contributed by atoms with Crippen LogP contribution in [-0.2, 0) is 0 Å². The van der Waals surface area contributed by atoms with Crippen molar-refractivity contribution in [1.82, 2.24) is 4.98 Å². The van der Waals surface area contributed by atoms with E-state index in [0.29, 0.717) is 10.6 Å². The van der Waals surface area contributed by atoms with Crippen molar-refractivity contribution in [3.8, 4) is 0 Å². The Hall–Kier alpha value is -1.04. The summed E-state index contributed by atoms with van der Waals surface area (Å²) in [5.41, 5.74) is 1.27. The van der Waals surface area contributed by atoms with Gasteiger partial charge in [-0.15, -0.1) is 11.3 Å². The van der Waals surface area contributed by atoms with E-state index >= 15 is 0 Å².